The van der Waals surface area contributed by atoms with Gasteiger partial charge in [-0.1, -0.05) is 5.57 Å². The lowest BCUT2D eigenvalue weighted by Gasteiger charge is -2.18. The lowest BCUT2D eigenvalue weighted by molar-refractivity contribution is -0.117. The topological polar surface area (TPSA) is 79.5 Å². The van der Waals surface area contributed by atoms with E-state index in [9.17, 15) is 4.79 Å². The van der Waals surface area contributed by atoms with Crippen LogP contribution in [0.4, 0.5) is 0 Å². The van der Waals surface area contributed by atoms with E-state index in [1.54, 1.807) is 6.26 Å². The van der Waals surface area contributed by atoms with Crippen LogP contribution in [-0.4, -0.2) is 23.1 Å². The van der Waals surface area contributed by atoms with E-state index in [1.165, 1.54) is 0 Å². The summed E-state index contributed by atoms with van der Waals surface area (Å²) in [6.45, 7) is 13.6. The third-order valence-electron chi connectivity index (χ3n) is 4.10. The molecule has 24 heavy (non-hydrogen) atoms. The monoisotopic (exact) mass is 330 g/mol. The molecule has 1 aromatic rings. The first-order chi connectivity index (χ1) is 11.3. The average molecular weight is 330 g/mol. The minimum Gasteiger partial charge on any atom is -0.447 e. The number of aromatic nitrogens is 1. The number of oxazole rings is 1. The van der Waals surface area contributed by atoms with Crippen molar-refractivity contribution in [1.29, 1.82) is 0 Å². The third-order valence-corrected chi connectivity index (χ3v) is 4.10. The molecule has 0 spiro atoms. The van der Waals surface area contributed by atoms with Gasteiger partial charge in [0.1, 0.15) is 12.1 Å². The van der Waals surface area contributed by atoms with Gasteiger partial charge < -0.3 is 15.1 Å². The fourth-order valence-electron chi connectivity index (χ4n) is 2.47. The van der Waals surface area contributed by atoms with Crippen molar-refractivity contribution in [1.82, 2.24) is 15.6 Å². The van der Waals surface area contributed by atoms with Crippen molar-refractivity contribution in [3.63, 3.8) is 0 Å². The van der Waals surface area contributed by atoms with Gasteiger partial charge >= 0.3 is 0 Å². The normalized spacial score (nSPS) is 16.0. The predicted molar refractivity (Wildman–Crippen MR) is 94.5 cm³/mol. The molecule has 1 fully saturated rings. The standard InChI is InChI=1S/C18H26N4O2/c1-11(2)15(13(4)16(19-6)22-18(5)7-8-18)17(23)20-9-14-21-12(3)10-24-14/h10,22H,6-9H2,1-5H3,(H,20,23)/b16-13-. The average Bonchev–Trinajstić information content (AvgIpc) is 3.09. The first kappa shape index (κ1) is 18.0. The maximum absolute atomic E-state index is 12.6. The first-order valence-electron chi connectivity index (χ1n) is 8.08. The molecule has 2 N–H and O–H groups in total. The van der Waals surface area contributed by atoms with Crippen molar-refractivity contribution in [2.45, 2.75) is 59.5 Å². The minimum absolute atomic E-state index is 0.0661. The zero-order valence-electron chi connectivity index (χ0n) is 15.1. The molecule has 1 saturated carbocycles. The maximum Gasteiger partial charge on any atom is 0.252 e. The molecule has 0 bridgehead atoms. The molecular formula is C18H26N4O2. The van der Waals surface area contributed by atoms with Gasteiger partial charge in [0, 0.05) is 16.7 Å². The van der Waals surface area contributed by atoms with Gasteiger partial charge in [0.2, 0.25) is 5.89 Å². The molecule has 6 heteroatoms. The van der Waals surface area contributed by atoms with Gasteiger partial charge in [0.05, 0.1) is 12.2 Å². The highest BCUT2D eigenvalue weighted by Gasteiger charge is 2.38. The van der Waals surface area contributed by atoms with Crippen LogP contribution in [-0.2, 0) is 11.3 Å². The van der Waals surface area contributed by atoms with Crippen molar-refractivity contribution in [2.24, 2.45) is 4.99 Å². The zero-order chi connectivity index (χ0) is 17.9. The SMILES string of the molecule is C=N/C(NC1(C)CC1)=C(\C)C(C(=O)NCc1nc(C)co1)=C(C)C. The summed E-state index contributed by atoms with van der Waals surface area (Å²) in [6.07, 6.45) is 3.76. The van der Waals surface area contributed by atoms with E-state index < -0.39 is 0 Å². The molecule has 1 aliphatic carbocycles. The van der Waals surface area contributed by atoms with E-state index in [4.69, 9.17) is 4.42 Å². The highest BCUT2D eigenvalue weighted by Crippen LogP contribution is 2.36. The van der Waals surface area contributed by atoms with Gasteiger partial charge in [-0.15, -0.1) is 0 Å². The second-order valence-electron chi connectivity index (χ2n) is 6.76. The Balaban J connectivity index is 2.16. The van der Waals surface area contributed by atoms with Crippen LogP contribution in [0.5, 0.6) is 0 Å². The van der Waals surface area contributed by atoms with Gasteiger partial charge in [-0.2, -0.15) is 0 Å². The van der Waals surface area contributed by atoms with Crippen molar-refractivity contribution in [2.75, 3.05) is 0 Å². The molecule has 0 unspecified atom stereocenters. The largest absolute Gasteiger partial charge is 0.447 e. The summed E-state index contributed by atoms with van der Waals surface area (Å²) in [5.74, 6) is 0.974. The predicted octanol–water partition coefficient (Wildman–Crippen LogP) is 3.01. The number of hydrogen-bond donors (Lipinski definition) is 2. The van der Waals surface area contributed by atoms with Crippen molar-refractivity contribution >= 4 is 12.6 Å². The Morgan fingerprint density at radius 3 is 2.54 bits per heavy atom. The van der Waals surface area contributed by atoms with Crippen LogP contribution in [0.3, 0.4) is 0 Å². The summed E-state index contributed by atoms with van der Waals surface area (Å²) in [5, 5.41) is 6.24. The summed E-state index contributed by atoms with van der Waals surface area (Å²) in [5.41, 5.74) is 3.17. The summed E-state index contributed by atoms with van der Waals surface area (Å²) in [6, 6.07) is 0. The van der Waals surface area contributed by atoms with Crippen LogP contribution < -0.4 is 10.6 Å². The minimum atomic E-state index is -0.174. The van der Waals surface area contributed by atoms with E-state index in [0.717, 1.165) is 29.7 Å². The number of allylic oxidation sites excluding steroid dienone is 1. The van der Waals surface area contributed by atoms with Crippen LogP contribution in [0.25, 0.3) is 0 Å². The Labute approximate surface area is 143 Å². The van der Waals surface area contributed by atoms with Crippen molar-refractivity contribution in [3.05, 3.63) is 40.4 Å². The summed E-state index contributed by atoms with van der Waals surface area (Å²) in [4.78, 5) is 20.9. The van der Waals surface area contributed by atoms with Crippen LogP contribution in [0.1, 0.15) is 52.1 Å². The number of aliphatic imine (C=N–C) groups is 1. The number of aryl methyl sites for hydroxylation is 1. The molecule has 0 aliphatic heterocycles. The van der Waals surface area contributed by atoms with Gasteiger partial charge in [-0.05, 0) is 54.2 Å². The molecule has 6 nitrogen and oxygen atoms in total. The number of nitrogens with zero attached hydrogens (tertiary/aromatic N) is 2. The number of carbonyl (C=O) groups is 1. The fraction of sp³-hybridized carbons (Fsp3) is 0.500. The van der Waals surface area contributed by atoms with E-state index in [2.05, 4.69) is 34.3 Å². The van der Waals surface area contributed by atoms with Crippen molar-refractivity contribution < 1.29 is 9.21 Å². The van der Waals surface area contributed by atoms with Gasteiger partial charge in [0.15, 0.2) is 0 Å². The second-order valence-corrected chi connectivity index (χ2v) is 6.76. The number of carbonyl (C=O) groups excluding carboxylic acids is 1. The molecule has 2 rings (SSSR count). The lowest BCUT2D eigenvalue weighted by atomic mass is 10.0. The van der Waals surface area contributed by atoms with Crippen LogP contribution in [0, 0.1) is 6.92 Å². The quantitative estimate of drug-likeness (QED) is 0.457. The summed E-state index contributed by atoms with van der Waals surface area (Å²) in [7, 11) is 0. The summed E-state index contributed by atoms with van der Waals surface area (Å²) < 4.78 is 5.26. The number of rotatable bonds is 7. The van der Waals surface area contributed by atoms with Crippen LogP contribution in [0.15, 0.2) is 38.2 Å². The van der Waals surface area contributed by atoms with Crippen LogP contribution in [0.2, 0.25) is 0 Å². The Kier molecular flexibility index (Phi) is 5.26. The zero-order valence-corrected chi connectivity index (χ0v) is 15.1. The molecule has 130 valence electrons. The Hall–Kier alpha value is -2.37. The maximum atomic E-state index is 12.6. The Morgan fingerprint density at radius 2 is 2.08 bits per heavy atom. The molecule has 0 saturated heterocycles. The molecule has 0 radical (unpaired) electrons. The van der Waals surface area contributed by atoms with E-state index in [-0.39, 0.29) is 18.0 Å². The Morgan fingerprint density at radius 1 is 1.42 bits per heavy atom. The molecule has 1 aliphatic rings. The van der Waals surface area contributed by atoms with Gasteiger partial charge in [0.25, 0.3) is 5.91 Å². The molecule has 1 amide bonds. The van der Waals surface area contributed by atoms with Crippen molar-refractivity contribution in [3.8, 4) is 0 Å². The highest BCUT2D eigenvalue weighted by molar-refractivity contribution is 5.98. The molecule has 0 atom stereocenters. The first-order valence-corrected chi connectivity index (χ1v) is 8.08. The van der Waals surface area contributed by atoms with E-state index in [1.807, 2.05) is 27.7 Å². The lowest BCUT2D eigenvalue weighted by Crippen LogP contribution is -2.30. The number of hydrogen-bond acceptors (Lipinski definition) is 5. The Bertz CT molecular complexity index is 704. The van der Waals surface area contributed by atoms with Crippen LogP contribution >= 0.6 is 0 Å². The molecule has 0 aromatic carbocycles. The third kappa shape index (κ3) is 4.34. The second kappa shape index (κ2) is 7.03. The smallest absolute Gasteiger partial charge is 0.252 e. The fourth-order valence-corrected chi connectivity index (χ4v) is 2.47. The number of amides is 1. The highest BCUT2D eigenvalue weighted by atomic mass is 16.3. The molecule has 1 aromatic heterocycles. The number of nitrogens with one attached hydrogen (secondary N) is 2. The van der Waals surface area contributed by atoms with Gasteiger partial charge in [-0.25, -0.2) is 9.98 Å². The summed E-state index contributed by atoms with van der Waals surface area (Å²) >= 11 is 0. The molecule has 1 heterocycles. The van der Waals surface area contributed by atoms with E-state index in [0.29, 0.717) is 17.3 Å². The van der Waals surface area contributed by atoms with E-state index >= 15 is 0 Å². The van der Waals surface area contributed by atoms with Gasteiger partial charge in [-0.3, -0.25) is 4.79 Å². The molecular weight excluding hydrogens is 304 g/mol.